The molecule has 236 valence electrons. The molecule has 46 heavy (non-hydrogen) atoms. The molecule has 0 aliphatic carbocycles. The van der Waals surface area contributed by atoms with Crippen molar-refractivity contribution in [2.75, 3.05) is 27.9 Å². The normalized spacial score (nSPS) is 20.0. The van der Waals surface area contributed by atoms with Gasteiger partial charge in [0, 0.05) is 19.5 Å². The highest BCUT2D eigenvalue weighted by Crippen LogP contribution is 2.43. The van der Waals surface area contributed by atoms with E-state index in [2.05, 4.69) is 15.0 Å². The number of imidazole rings is 2. The van der Waals surface area contributed by atoms with Crippen LogP contribution in [-0.4, -0.2) is 75.3 Å². The molecule has 3 aromatic carbocycles. The van der Waals surface area contributed by atoms with Crippen LogP contribution in [0.15, 0.2) is 102 Å². The highest BCUT2D eigenvalue weighted by Gasteiger charge is 2.48. The predicted molar refractivity (Wildman–Crippen MR) is 168 cm³/mol. The zero-order chi connectivity index (χ0) is 31.8. The Morgan fingerprint density at radius 1 is 0.913 bits per heavy atom. The van der Waals surface area contributed by atoms with Crippen molar-refractivity contribution < 1.29 is 28.8 Å². The molecule has 12 heteroatoms. The summed E-state index contributed by atoms with van der Waals surface area (Å²) in [6.07, 6.45) is 1.16. The van der Waals surface area contributed by atoms with E-state index in [1.165, 1.54) is 17.8 Å². The zero-order valence-corrected chi connectivity index (χ0v) is 25.4. The summed E-state index contributed by atoms with van der Waals surface area (Å²) in [6.45, 7) is -0.0198. The van der Waals surface area contributed by atoms with Crippen LogP contribution in [0, 0.1) is 0 Å². The third-order valence-electron chi connectivity index (χ3n) is 8.56. The number of aromatic amines is 1. The molecule has 2 N–H and O–H groups in total. The Hall–Kier alpha value is -5.01. The number of hydrogen-bond acceptors (Lipinski definition) is 9. The Balaban J connectivity index is 1.28. The number of benzene rings is 3. The van der Waals surface area contributed by atoms with Crippen LogP contribution in [0.3, 0.4) is 0 Å². The third kappa shape index (κ3) is 4.83. The number of rotatable bonds is 10. The number of nitrogens with one attached hydrogen (secondary N) is 1. The Bertz CT molecular complexity index is 1960. The smallest absolute Gasteiger partial charge is 0.287 e. The largest absolute Gasteiger partial charge is 0.497 e. The van der Waals surface area contributed by atoms with Gasteiger partial charge in [-0.25, -0.2) is 4.98 Å². The van der Waals surface area contributed by atoms with Crippen molar-refractivity contribution in [1.82, 2.24) is 23.9 Å². The van der Waals surface area contributed by atoms with Crippen LogP contribution in [0.5, 0.6) is 11.5 Å². The molecule has 0 saturated carbocycles. The van der Waals surface area contributed by atoms with Gasteiger partial charge in [-0.15, -0.1) is 0 Å². The number of nitrogens with zero attached hydrogens (tertiary/aromatic N) is 4. The van der Waals surface area contributed by atoms with Crippen molar-refractivity contribution in [1.29, 1.82) is 0 Å². The summed E-state index contributed by atoms with van der Waals surface area (Å²) in [4.78, 5) is 24.9. The summed E-state index contributed by atoms with van der Waals surface area (Å²) in [5.74, 6) is 1.77. The molecule has 0 spiro atoms. The minimum atomic E-state index is -1.11. The number of hydrogen-bond donors (Lipinski definition) is 2. The van der Waals surface area contributed by atoms with E-state index < -0.39 is 30.1 Å². The molecule has 4 heterocycles. The number of aliphatic hydroxyl groups is 1. The number of fused-ring (bicyclic) bond motifs is 2. The van der Waals surface area contributed by atoms with E-state index in [-0.39, 0.29) is 17.7 Å². The average Bonchev–Trinajstić information content (AvgIpc) is 3.83. The zero-order valence-electron chi connectivity index (χ0n) is 25.4. The van der Waals surface area contributed by atoms with Crippen LogP contribution < -0.4 is 15.0 Å². The average molecular weight is 624 g/mol. The van der Waals surface area contributed by atoms with Gasteiger partial charge < -0.3 is 33.8 Å². The number of ether oxygens (including phenoxy) is 5. The summed E-state index contributed by atoms with van der Waals surface area (Å²) < 4.78 is 33.1. The van der Waals surface area contributed by atoms with Crippen molar-refractivity contribution in [3.05, 3.63) is 125 Å². The van der Waals surface area contributed by atoms with Gasteiger partial charge in [0.15, 0.2) is 17.4 Å². The Morgan fingerprint density at radius 3 is 2.15 bits per heavy atom. The number of methoxy groups -OCH3 is 3. The molecule has 0 radical (unpaired) electrons. The summed E-state index contributed by atoms with van der Waals surface area (Å²) in [5, 5.41) is 11.5. The molecule has 3 aromatic heterocycles. The molecule has 12 nitrogen and oxygen atoms in total. The van der Waals surface area contributed by atoms with Gasteiger partial charge in [-0.3, -0.25) is 13.8 Å². The Morgan fingerprint density at radius 2 is 1.54 bits per heavy atom. The second-order valence-electron chi connectivity index (χ2n) is 11.0. The molecule has 0 amide bonds. The molecule has 0 unspecified atom stereocenters. The minimum absolute atomic E-state index is 0.0198. The van der Waals surface area contributed by atoms with Crippen molar-refractivity contribution in [2.24, 2.45) is 0 Å². The fourth-order valence-electron chi connectivity index (χ4n) is 6.21. The van der Waals surface area contributed by atoms with Crippen molar-refractivity contribution in [2.45, 2.75) is 30.1 Å². The molecule has 1 aliphatic rings. The first-order chi connectivity index (χ1) is 22.5. The van der Waals surface area contributed by atoms with E-state index in [0.717, 1.165) is 16.7 Å². The van der Waals surface area contributed by atoms with Gasteiger partial charge in [-0.1, -0.05) is 54.6 Å². The maximum atomic E-state index is 13.0. The van der Waals surface area contributed by atoms with E-state index in [1.807, 2.05) is 78.9 Å². The second-order valence-corrected chi connectivity index (χ2v) is 11.0. The van der Waals surface area contributed by atoms with E-state index in [0.29, 0.717) is 22.9 Å². The highest BCUT2D eigenvalue weighted by molar-refractivity contribution is 5.71. The third-order valence-corrected chi connectivity index (χ3v) is 8.56. The van der Waals surface area contributed by atoms with Gasteiger partial charge in [0.2, 0.25) is 5.78 Å². The lowest BCUT2D eigenvalue weighted by atomic mass is 9.80. The van der Waals surface area contributed by atoms with Crippen LogP contribution in [0.2, 0.25) is 0 Å². The lowest BCUT2D eigenvalue weighted by Gasteiger charge is -2.37. The van der Waals surface area contributed by atoms with Crippen molar-refractivity contribution >= 4 is 16.9 Å². The SMILES string of the molecule is COc1ccc(C(OC[C@H]2O[C@@H](n3cnc4c(=O)n5cc[nH]c5nc43)[C@H](OC)[C@@H]2O)(c2ccccc2)c2ccc(OC)cc2)cc1. The van der Waals surface area contributed by atoms with Gasteiger partial charge in [-0.2, -0.15) is 4.98 Å². The van der Waals surface area contributed by atoms with E-state index >= 15 is 0 Å². The molecule has 0 bridgehead atoms. The van der Waals surface area contributed by atoms with E-state index in [4.69, 9.17) is 23.7 Å². The summed E-state index contributed by atoms with van der Waals surface area (Å²) in [5.41, 5.74) is 1.61. The van der Waals surface area contributed by atoms with Gasteiger partial charge in [-0.05, 0) is 41.0 Å². The molecule has 1 aliphatic heterocycles. The van der Waals surface area contributed by atoms with Gasteiger partial charge in [0.05, 0.1) is 27.2 Å². The fraction of sp³-hybridized carbons (Fsp3) is 0.265. The van der Waals surface area contributed by atoms with Gasteiger partial charge >= 0.3 is 0 Å². The maximum absolute atomic E-state index is 13.0. The molecule has 4 atom stereocenters. The maximum Gasteiger partial charge on any atom is 0.287 e. The first-order valence-corrected chi connectivity index (χ1v) is 14.8. The van der Waals surface area contributed by atoms with Crippen molar-refractivity contribution in [3.8, 4) is 11.5 Å². The topological polar surface area (TPSA) is 134 Å². The number of aliphatic hydroxyl groups excluding tert-OH is 1. The lowest BCUT2D eigenvalue weighted by molar-refractivity contribution is -0.0948. The highest BCUT2D eigenvalue weighted by atomic mass is 16.6. The number of aromatic nitrogens is 5. The molecule has 7 rings (SSSR count). The Kier molecular flexibility index (Phi) is 7.79. The molecular weight excluding hydrogens is 590 g/mol. The van der Waals surface area contributed by atoms with Crippen molar-refractivity contribution in [3.63, 3.8) is 0 Å². The van der Waals surface area contributed by atoms with E-state index in [9.17, 15) is 9.90 Å². The first-order valence-electron chi connectivity index (χ1n) is 14.8. The monoisotopic (exact) mass is 623 g/mol. The van der Waals surface area contributed by atoms with Crippen LogP contribution in [0.1, 0.15) is 22.9 Å². The summed E-state index contributed by atoms with van der Waals surface area (Å²) >= 11 is 0. The first kappa shape index (κ1) is 29.7. The Labute approximate surface area is 263 Å². The molecule has 6 aromatic rings. The van der Waals surface area contributed by atoms with Gasteiger partial charge in [0.25, 0.3) is 5.56 Å². The fourth-order valence-corrected chi connectivity index (χ4v) is 6.21. The summed E-state index contributed by atoms with van der Waals surface area (Å²) in [7, 11) is 4.75. The quantitative estimate of drug-likeness (QED) is 0.219. The van der Waals surface area contributed by atoms with Crippen LogP contribution in [0.4, 0.5) is 0 Å². The number of H-pyrrole nitrogens is 1. The van der Waals surface area contributed by atoms with Crippen LogP contribution >= 0.6 is 0 Å². The predicted octanol–water partition coefficient (Wildman–Crippen LogP) is 3.67. The van der Waals surface area contributed by atoms with Crippen LogP contribution in [0.25, 0.3) is 16.9 Å². The molecule has 1 saturated heterocycles. The van der Waals surface area contributed by atoms with Gasteiger partial charge in [0.1, 0.15) is 35.4 Å². The summed E-state index contributed by atoms with van der Waals surface area (Å²) in [6, 6.07) is 25.3. The molecular formula is C34H33N5O7. The van der Waals surface area contributed by atoms with Crippen LogP contribution in [-0.2, 0) is 19.8 Å². The lowest BCUT2D eigenvalue weighted by Crippen LogP contribution is -2.40. The second kappa shape index (κ2) is 12.1. The standard InChI is InChI=1S/C34H33N5O7/c1-42-24-13-9-22(10-14-24)34(21-7-5-4-6-8-21,23-11-15-25(43-2)16-12-23)45-19-26-28(40)29(44-3)32(46-26)39-20-36-27-30(39)37-33-35-17-18-38(33)31(27)41/h4-18,20,26,28-29,32,40H,19H2,1-3H3,(H,35,37)/t26-,28-,29-,32-/m1/s1. The molecule has 1 fully saturated rings. The van der Waals surface area contributed by atoms with E-state index in [1.54, 1.807) is 31.2 Å². The minimum Gasteiger partial charge on any atom is -0.497 e.